The van der Waals surface area contributed by atoms with E-state index in [0.29, 0.717) is 25.1 Å². The van der Waals surface area contributed by atoms with Crippen molar-refractivity contribution in [3.05, 3.63) is 35.4 Å². The van der Waals surface area contributed by atoms with Crippen LogP contribution in [0.5, 0.6) is 0 Å². The molecule has 0 spiro atoms. The van der Waals surface area contributed by atoms with E-state index in [1.165, 1.54) is 17.0 Å². The van der Waals surface area contributed by atoms with Crippen molar-refractivity contribution in [2.24, 2.45) is 5.73 Å². The van der Waals surface area contributed by atoms with Crippen molar-refractivity contribution in [2.45, 2.75) is 83.3 Å². The van der Waals surface area contributed by atoms with Gasteiger partial charge in [-0.05, 0) is 57.7 Å². The third-order valence-corrected chi connectivity index (χ3v) is 5.01. The number of unbranched alkanes of at least 4 members (excludes halogenated alkanes) is 1. The number of hydrogen-bond donors (Lipinski definition) is 2. The molecule has 8 heteroatoms. The lowest BCUT2D eigenvalue weighted by molar-refractivity contribution is -0.000108. The molecule has 1 aromatic carbocycles. The minimum Gasteiger partial charge on any atom is -0.444 e. The number of nitrogens with two attached hydrogens (primary N) is 1. The molecule has 1 amide bonds. The molecule has 1 aliphatic heterocycles. The number of benzene rings is 1. The highest BCUT2D eigenvalue weighted by Crippen LogP contribution is 2.27. The highest BCUT2D eigenvalue weighted by molar-refractivity contribution is 5.69. The highest BCUT2D eigenvalue weighted by atomic mass is 19.1. The lowest BCUT2D eigenvalue weighted by Gasteiger charge is -2.33. The monoisotopic (exact) mass is 428 g/mol. The zero-order chi connectivity index (χ0) is 22.5. The molecule has 1 aromatic rings. The number of aliphatic hydroxyl groups excluding tert-OH is 1. The molecule has 3 N–H and O–H groups in total. The molecule has 2 rings (SSSR count). The number of amides is 1. The molecule has 0 aliphatic carbocycles. The fourth-order valence-electron chi connectivity index (χ4n) is 3.60. The second-order valence-electron chi connectivity index (χ2n) is 8.92. The third kappa shape index (κ3) is 7.18. The third-order valence-electron chi connectivity index (χ3n) is 5.01. The summed E-state index contributed by atoms with van der Waals surface area (Å²) in [6, 6.07) is 1.72. The number of rotatable bonds is 8. The van der Waals surface area contributed by atoms with Gasteiger partial charge in [-0.15, -0.1) is 0 Å². The molecule has 1 heterocycles. The molecule has 0 bridgehead atoms. The first-order valence-corrected chi connectivity index (χ1v) is 10.5. The summed E-state index contributed by atoms with van der Waals surface area (Å²) in [5.74, 6) is -1.40. The average Bonchev–Trinajstić information content (AvgIpc) is 3.03. The number of hydrogen-bond acceptors (Lipinski definition) is 5. The molecule has 0 aromatic heterocycles. The normalized spacial score (nSPS) is 21.5. The van der Waals surface area contributed by atoms with Crippen LogP contribution in [0, 0.1) is 11.6 Å². The predicted octanol–water partition coefficient (Wildman–Crippen LogP) is 3.39. The summed E-state index contributed by atoms with van der Waals surface area (Å²) in [7, 11) is 0. The maximum absolute atomic E-state index is 13.5. The Kier molecular flexibility index (Phi) is 8.58. The van der Waals surface area contributed by atoms with E-state index >= 15 is 0 Å². The molecule has 0 saturated carbocycles. The topological polar surface area (TPSA) is 85.0 Å². The quantitative estimate of drug-likeness (QED) is 0.620. The van der Waals surface area contributed by atoms with Crippen LogP contribution in [0.2, 0.25) is 0 Å². The van der Waals surface area contributed by atoms with Crippen molar-refractivity contribution in [3.8, 4) is 0 Å². The summed E-state index contributed by atoms with van der Waals surface area (Å²) >= 11 is 0. The second kappa shape index (κ2) is 10.5. The molecule has 1 fully saturated rings. The number of likely N-dealkylation sites (tertiary alicyclic amines) is 1. The van der Waals surface area contributed by atoms with E-state index in [1.54, 1.807) is 20.8 Å². The summed E-state index contributed by atoms with van der Waals surface area (Å²) in [5.41, 5.74) is 5.83. The van der Waals surface area contributed by atoms with Gasteiger partial charge in [-0.1, -0.05) is 13.3 Å². The van der Waals surface area contributed by atoms with Gasteiger partial charge in [0.1, 0.15) is 17.2 Å². The van der Waals surface area contributed by atoms with Gasteiger partial charge in [0.25, 0.3) is 0 Å². The maximum Gasteiger partial charge on any atom is 0.410 e. The molecule has 6 nitrogen and oxygen atoms in total. The van der Waals surface area contributed by atoms with Crippen molar-refractivity contribution in [1.82, 2.24) is 4.90 Å². The number of ether oxygens (including phenoxy) is 2. The summed E-state index contributed by atoms with van der Waals surface area (Å²) < 4.78 is 38.3. The lowest BCUT2D eigenvalue weighted by atomic mass is 9.95. The van der Waals surface area contributed by atoms with Gasteiger partial charge in [0.15, 0.2) is 0 Å². The minimum absolute atomic E-state index is 0.0653. The van der Waals surface area contributed by atoms with E-state index < -0.39 is 41.5 Å². The summed E-state index contributed by atoms with van der Waals surface area (Å²) in [5, 5.41) is 10.9. The van der Waals surface area contributed by atoms with Crippen molar-refractivity contribution >= 4 is 6.09 Å². The van der Waals surface area contributed by atoms with Crippen LogP contribution in [0.15, 0.2) is 18.2 Å². The Hall–Kier alpha value is -1.77. The van der Waals surface area contributed by atoms with Crippen LogP contribution < -0.4 is 5.73 Å². The van der Waals surface area contributed by atoms with Gasteiger partial charge in [0, 0.05) is 18.7 Å². The standard InChI is InChI=1S/C22H34F2N2O4/c1-5-6-7-29-17-12-19(26(13-17)21(28)30-22(2,3)4)20(27)18(25)10-14-8-15(23)11-16(24)9-14/h8-9,11,17-20,27H,5-7,10,12-13,25H2,1-4H3/t17-,18+,19-,20+/m1/s1. The predicted molar refractivity (Wildman–Crippen MR) is 110 cm³/mol. The SMILES string of the molecule is CCCCO[C@@H]1C[C@H]([C@@H](O)[C@@H](N)Cc2cc(F)cc(F)c2)N(C(=O)OC(C)(C)C)C1. The molecule has 1 saturated heterocycles. The van der Waals surface area contributed by atoms with Crippen LogP contribution in [-0.4, -0.2) is 59.1 Å². The van der Waals surface area contributed by atoms with Crippen molar-refractivity contribution in [1.29, 1.82) is 0 Å². The van der Waals surface area contributed by atoms with Gasteiger partial charge in [-0.3, -0.25) is 4.90 Å². The first-order valence-electron chi connectivity index (χ1n) is 10.5. The number of carbonyl (C=O) groups excluding carboxylic acids is 1. The maximum atomic E-state index is 13.5. The highest BCUT2D eigenvalue weighted by Gasteiger charge is 2.43. The molecule has 30 heavy (non-hydrogen) atoms. The molecule has 170 valence electrons. The Morgan fingerprint density at radius 3 is 2.50 bits per heavy atom. The lowest BCUT2D eigenvalue weighted by Crippen LogP contribution is -2.52. The van der Waals surface area contributed by atoms with Crippen molar-refractivity contribution < 1.29 is 28.2 Å². The first-order chi connectivity index (χ1) is 14.0. The van der Waals surface area contributed by atoms with Gasteiger partial charge in [0.05, 0.1) is 24.8 Å². The Morgan fingerprint density at radius 1 is 1.30 bits per heavy atom. The minimum atomic E-state index is -1.11. The largest absolute Gasteiger partial charge is 0.444 e. The van der Waals surface area contributed by atoms with Gasteiger partial charge in [-0.2, -0.15) is 0 Å². The van der Waals surface area contributed by atoms with E-state index in [1.807, 2.05) is 0 Å². The Morgan fingerprint density at radius 2 is 1.93 bits per heavy atom. The van der Waals surface area contributed by atoms with Crippen molar-refractivity contribution in [2.75, 3.05) is 13.2 Å². The molecule has 0 unspecified atom stereocenters. The smallest absolute Gasteiger partial charge is 0.410 e. The molecule has 1 aliphatic rings. The van der Waals surface area contributed by atoms with Crippen LogP contribution in [0.25, 0.3) is 0 Å². The fraction of sp³-hybridized carbons (Fsp3) is 0.682. The number of carbonyl (C=O) groups is 1. The fourth-order valence-corrected chi connectivity index (χ4v) is 3.60. The van der Waals surface area contributed by atoms with E-state index in [2.05, 4.69) is 6.92 Å². The van der Waals surface area contributed by atoms with E-state index in [4.69, 9.17) is 15.2 Å². The number of halogens is 2. The Labute approximate surface area is 177 Å². The summed E-state index contributed by atoms with van der Waals surface area (Å²) in [4.78, 5) is 14.2. The zero-order valence-corrected chi connectivity index (χ0v) is 18.2. The van der Waals surface area contributed by atoms with Gasteiger partial charge in [-0.25, -0.2) is 13.6 Å². The first kappa shape index (κ1) is 24.5. The number of nitrogens with zero attached hydrogens (tertiary/aromatic N) is 1. The van der Waals surface area contributed by atoms with Gasteiger partial charge in [0.2, 0.25) is 0 Å². The van der Waals surface area contributed by atoms with Crippen LogP contribution >= 0.6 is 0 Å². The molecule has 4 atom stereocenters. The Bertz CT molecular complexity index is 691. The number of aliphatic hydroxyl groups is 1. The van der Waals surface area contributed by atoms with Crippen LogP contribution in [0.4, 0.5) is 13.6 Å². The molecular formula is C22H34F2N2O4. The summed E-state index contributed by atoms with van der Waals surface area (Å²) in [6.45, 7) is 8.23. The van der Waals surface area contributed by atoms with Gasteiger partial charge < -0.3 is 20.3 Å². The van der Waals surface area contributed by atoms with Gasteiger partial charge >= 0.3 is 6.09 Å². The van der Waals surface area contributed by atoms with Crippen LogP contribution in [0.3, 0.4) is 0 Å². The van der Waals surface area contributed by atoms with Crippen molar-refractivity contribution in [3.63, 3.8) is 0 Å². The van der Waals surface area contributed by atoms with E-state index in [-0.39, 0.29) is 12.5 Å². The van der Waals surface area contributed by atoms with Crippen LogP contribution in [0.1, 0.15) is 52.5 Å². The molecule has 0 radical (unpaired) electrons. The van der Waals surface area contributed by atoms with E-state index in [9.17, 15) is 18.7 Å². The average molecular weight is 429 g/mol. The molecular weight excluding hydrogens is 394 g/mol. The van der Waals surface area contributed by atoms with E-state index in [0.717, 1.165) is 18.9 Å². The van der Waals surface area contributed by atoms with Crippen LogP contribution in [-0.2, 0) is 15.9 Å². The zero-order valence-electron chi connectivity index (χ0n) is 18.2. The summed E-state index contributed by atoms with van der Waals surface area (Å²) in [6.07, 6.45) is 0.485. The second-order valence-corrected chi connectivity index (χ2v) is 8.92. The Balaban J connectivity index is 2.12.